The predicted octanol–water partition coefficient (Wildman–Crippen LogP) is 4.22. The van der Waals surface area contributed by atoms with E-state index >= 15 is 0 Å². The van der Waals surface area contributed by atoms with Crippen molar-refractivity contribution in [1.29, 1.82) is 5.26 Å². The summed E-state index contributed by atoms with van der Waals surface area (Å²) in [6.45, 7) is 2.33. The van der Waals surface area contributed by atoms with E-state index in [0.29, 0.717) is 22.9 Å². The first-order valence-electron chi connectivity index (χ1n) is 6.82. The van der Waals surface area contributed by atoms with Crippen LogP contribution in [0.1, 0.15) is 16.7 Å². The van der Waals surface area contributed by atoms with Gasteiger partial charge in [0.05, 0.1) is 0 Å². The lowest BCUT2D eigenvalue weighted by molar-refractivity contribution is -0.132. The van der Waals surface area contributed by atoms with Crippen molar-refractivity contribution in [3.8, 4) is 11.8 Å². The third-order valence-electron chi connectivity index (χ3n) is 3.14. The van der Waals surface area contributed by atoms with E-state index in [1.165, 1.54) is 6.08 Å². The first kappa shape index (κ1) is 16.6. The molecule has 116 valence electrons. The maximum absolute atomic E-state index is 11.0. The van der Waals surface area contributed by atoms with Crippen LogP contribution in [0.5, 0.6) is 5.75 Å². The Morgan fingerprint density at radius 2 is 2.00 bits per heavy atom. The Morgan fingerprint density at radius 1 is 1.30 bits per heavy atom. The topological polar surface area (TPSA) is 70.3 Å². The maximum Gasteiger partial charge on any atom is 0.346 e. The SMILES string of the molecule is Cc1ccc(COc2ccc(Cl)cc2C=C(C#N)C(=O)O)cc1. The van der Waals surface area contributed by atoms with Gasteiger partial charge in [0.15, 0.2) is 0 Å². The molecule has 0 fully saturated rings. The van der Waals surface area contributed by atoms with Crippen LogP contribution in [-0.2, 0) is 11.4 Å². The van der Waals surface area contributed by atoms with Gasteiger partial charge >= 0.3 is 5.97 Å². The van der Waals surface area contributed by atoms with Gasteiger partial charge in [-0.3, -0.25) is 0 Å². The average molecular weight is 328 g/mol. The van der Waals surface area contributed by atoms with Gasteiger partial charge in [0.1, 0.15) is 24.0 Å². The number of rotatable bonds is 5. The number of carbonyl (C=O) groups is 1. The first-order valence-corrected chi connectivity index (χ1v) is 7.20. The summed E-state index contributed by atoms with van der Waals surface area (Å²) in [4.78, 5) is 11.0. The Bertz CT molecular complexity index is 789. The Morgan fingerprint density at radius 3 is 2.61 bits per heavy atom. The van der Waals surface area contributed by atoms with E-state index in [-0.39, 0.29) is 5.57 Å². The number of ether oxygens (including phenoxy) is 1. The van der Waals surface area contributed by atoms with Crippen LogP contribution in [0.2, 0.25) is 5.02 Å². The number of nitrogens with zero attached hydrogens (tertiary/aromatic N) is 1. The molecule has 2 aromatic carbocycles. The Hall–Kier alpha value is -2.77. The Kier molecular flexibility index (Phi) is 5.40. The molecule has 0 aliphatic rings. The lowest BCUT2D eigenvalue weighted by atomic mass is 10.1. The summed E-state index contributed by atoms with van der Waals surface area (Å²) in [6.07, 6.45) is 1.25. The van der Waals surface area contributed by atoms with Crippen LogP contribution in [0.3, 0.4) is 0 Å². The quantitative estimate of drug-likeness (QED) is 0.659. The molecule has 1 N–H and O–H groups in total. The number of aryl methyl sites for hydroxylation is 1. The zero-order valence-corrected chi connectivity index (χ0v) is 13.2. The van der Waals surface area contributed by atoms with Crippen LogP contribution in [0.25, 0.3) is 6.08 Å². The third kappa shape index (κ3) is 4.60. The highest BCUT2D eigenvalue weighted by molar-refractivity contribution is 6.30. The molecule has 0 saturated carbocycles. The number of benzene rings is 2. The van der Waals surface area contributed by atoms with Crippen LogP contribution in [0.4, 0.5) is 0 Å². The standard InChI is InChI=1S/C18H14ClNO3/c1-12-2-4-13(5-3-12)11-23-17-7-6-16(19)9-14(17)8-15(10-20)18(21)22/h2-9H,11H2,1H3,(H,21,22). The molecule has 4 nitrogen and oxygen atoms in total. The van der Waals surface area contributed by atoms with Gasteiger partial charge in [0, 0.05) is 10.6 Å². The molecule has 0 saturated heterocycles. The molecule has 0 heterocycles. The smallest absolute Gasteiger partial charge is 0.346 e. The molecule has 0 unspecified atom stereocenters. The summed E-state index contributed by atoms with van der Waals surface area (Å²) >= 11 is 5.94. The van der Waals surface area contributed by atoms with Crippen LogP contribution in [0, 0.1) is 18.3 Å². The zero-order chi connectivity index (χ0) is 16.8. The van der Waals surface area contributed by atoms with Crippen LogP contribution >= 0.6 is 11.6 Å². The number of nitriles is 1. The lowest BCUT2D eigenvalue weighted by Crippen LogP contribution is -2.00. The fourth-order valence-electron chi connectivity index (χ4n) is 1.91. The van der Waals surface area contributed by atoms with Gasteiger partial charge in [-0.15, -0.1) is 0 Å². The van der Waals surface area contributed by atoms with Crippen LogP contribution < -0.4 is 4.74 Å². The minimum atomic E-state index is -1.29. The molecular weight excluding hydrogens is 314 g/mol. The molecule has 0 aliphatic heterocycles. The Labute approximate surface area is 139 Å². The number of carboxylic acid groups (broad SMARTS) is 1. The summed E-state index contributed by atoms with van der Waals surface area (Å²) in [7, 11) is 0. The molecular formula is C18H14ClNO3. The van der Waals surface area contributed by atoms with Crippen molar-refractivity contribution in [2.75, 3.05) is 0 Å². The number of hydrogen-bond donors (Lipinski definition) is 1. The molecule has 5 heteroatoms. The lowest BCUT2D eigenvalue weighted by Gasteiger charge is -2.10. The minimum Gasteiger partial charge on any atom is -0.488 e. The van der Waals surface area contributed by atoms with E-state index in [1.54, 1.807) is 24.3 Å². The van der Waals surface area contributed by atoms with E-state index < -0.39 is 5.97 Å². The van der Waals surface area contributed by atoms with Gasteiger partial charge in [-0.25, -0.2) is 4.79 Å². The minimum absolute atomic E-state index is 0.331. The van der Waals surface area contributed by atoms with Gasteiger partial charge in [-0.2, -0.15) is 5.26 Å². The van der Waals surface area contributed by atoms with Crippen molar-refractivity contribution in [2.24, 2.45) is 0 Å². The molecule has 2 aromatic rings. The van der Waals surface area contributed by atoms with E-state index in [1.807, 2.05) is 31.2 Å². The highest BCUT2D eigenvalue weighted by Gasteiger charge is 2.10. The normalized spacial score (nSPS) is 10.9. The fourth-order valence-corrected chi connectivity index (χ4v) is 2.09. The summed E-state index contributed by atoms with van der Waals surface area (Å²) in [6, 6.07) is 14.4. The zero-order valence-electron chi connectivity index (χ0n) is 12.4. The molecule has 0 bridgehead atoms. The van der Waals surface area contributed by atoms with Crippen molar-refractivity contribution >= 4 is 23.6 Å². The van der Waals surface area contributed by atoms with Gasteiger partial charge in [0.25, 0.3) is 0 Å². The Balaban J connectivity index is 2.27. The van der Waals surface area contributed by atoms with Crippen molar-refractivity contribution in [3.05, 3.63) is 69.8 Å². The molecule has 0 amide bonds. The predicted molar refractivity (Wildman–Crippen MR) is 88.2 cm³/mol. The number of hydrogen-bond acceptors (Lipinski definition) is 3. The maximum atomic E-state index is 11.0. The second-order valence-corrected chi connectivity index (χ2v) is 5.37. The number of aliphatic carboxylic acids is 1. The van der Waals surface area contributed by atoms with E-state index in [4.69, 9.17) is 26.7 Å². The van der Waals surface area contributed by atoms with Gasteiger partial charge in [-0.05, 0) is 36.8 Å². The van der Waals surface area contributed by atoms with E-state index in [0.717, 1.165) is 11.1 Å². The number of carboxylic acids is 1. The summed E-state index contributed by atoms with van der Waals surface area (Å²) in [5.74, 6) is -0.832. The fraction of sp³-hybridized carbons (Fsp3) is 0.111. The van der Waals surface area contributed by atoms with E-state index in [9.17, 15) is 4.79 Å². The highest BCUT2D eigenvalue weighted by Crippen LogP contribution is 2.26. The summed E-state index contributed by atoms with van der Waals surface area (Å²) < 4.78 is 5.74. The average Bonchev–Trinajstić information content (AvgIpc) is 2.53. The molecule has 0 aromatic heterocycles. The third-order valence-corrected chi connectivity index (χ3v) is 3.37. The molecule has 0 aliphatic carbocycles. The van der Waals surface area contributed by atoms with Gasteiger partial charge in [0.2, 0.25) is 0 Å². The van der Waals surface area contributed by atoms with Crippen LogP contribution in [0.15, 0.2) is 48.0 Å². The summed E-state index contributed by atoms with van der Waals surface area (Å²) in [5, 5.41) is 18.3. The second kappa shape index (κ2) is 7.48. The molecule has 0 radical (unpaired) electrons. The van der Waals surface area contributed by atoms with Crippen molar-refractivity contribution < 1.29 is 14.6 Å². The molecule has 0 spiro atoms. The van der Waals surface area contributed by atoms with Crippen molar-refractivity contribution in [1.82, 2.24) is 0 Å². The number of halogens is 1. The summed E-state index contributed by atoms with van der Waals surface area (Å²) in [5.41, 5.74) is 2.21. The van der Waals surface area contributed by atoms with Crippen molar-refractivity contribution in [2.45, 2.75) is 13.5 Å². The van der Waals surface area contributed by atoms with Gasteiger partial charge in [-0.1, -0.05) is 41.4 Å². The molecule has 0 atom stereocenters. The van der Waals surface area contributed by atoms with Crippen molar-refractivity contribution in [3.63, 3.8) is 0 Å². The second-order valence-electron chi connectivity index (χ2n) is 4.93. The molecule has 23 heavy (non-hydrogen) atoms. The molecule has 2 rings (SSSR count). The monoisotopic (exact) mass is 327 g/mol. The highest BCUT2D eigenvalue weighted by atomic mass is 35.5. The first-order chi connectivity index (χ1) is 11.0. The van der Waals surface area contributed by atoms with Crippen LogP contribution in [-0.4, -0.2) is 11.1 Å². The van der Waals surface area contributed by atoms with Gasteiger partial charge < -0.3 is 9.84 Å². The van der Waals surface area contributed by atoms with E-state index in [2.05, 4.69) is 0 Å². The largest absolute Gasteiger partial charge is 0.488 e.